The zero-order valence-corrected chi connectivity index (χ0v) is 9.78. The number of hydrogen-bond donors (Lipinski definition) is 0. The van der Waals surface area contributed by atoms with E-state index in [0.29, 0.717) is 13.2 Å². The monoisotopic (exact) mass is 217 g/mol. The quantitative estimate of drug-likeness (QED) is 0.653. The molecule has 0 rings (SSSR count). The minimum absolute atomic E-state index is 0.0596. The summed E-state index contributed by atoms with van der Waals surface area (Å²) < 4.78 is 9.70. The van der Waals surface area contributed by atoms with Crippen LogP contribution in [0.25, 0.3) is 0 Å². The molecular weight excluding hydrogens is 198 g/mol. The lowest BCUT2D eigenvalue weighted by atomic mass is 10.5. The lowest BCUT2D eigenvalue weighted by Gasteiger charge is -2.20. The highest BCUT2D eigenvalue weighted by molar-refractivity contribution is 5.78. The Morgan fingerprint density at radius 3 is 2.27 bits per heavy atom. The molecule has 0 saturated carbocycles. The second-order valence-electron chi connectivity index (χ2n) is 3.25. The fourth-order valence-corrected chi connectivity index (χ4v) is 0.944. The smallest absolute Gasteiger partial charge is 0.410 e. The van der Waals surface area contributed by atoms with Crippen LogP contribution in [0.3, 0.4) is 0 Å². The Kier molecular flexibility index (Phi) is 6.49. The summed E-state index contributed by atoms with van der Waals surface area (Å²) in [5.41, 5.74) is 0. The minimum Gasteiger partial charge on any atom is -0.465 e. The van der Waals surface area contributed by atoms with Crippen LogP contribution in [0, 0.1) is 0 Å². The lowest BCUT2D eigenvalue weighted by Crippen LogP contribution is -2.37. The van der Waals surface area contributed by atoms with Gasteiger partial charge in [-0.1, -0.05) is 0 Å². The summed E-state index contributed by atoms with van der Waals surface area (Å²) in [4.78, 5) is 23.9. The molecule has 0 atom stereocenters. The second-order valence-corrected chi connectivity index (χ2v) is 3.25. The molecule has 0 radical (unpaired) electrons. The maximum Gasteiger partial charge on any atom is 0.410 e. The molecule has 5 nitrogen and oxygen atoms in total. The van der Waals surface area contributed by atoms with E-state index >= 15 is 0 Å². The molecule has 0 heterocycles. The number of rotatable bonds is 5. The predicted octanol–water partition coefficient (Wildman–Crippen LogP) is 1.42. The SMILES string of the molecule is CCOC(=O)CN(CC)C(=O)OC(C)C. The number of amides is 1. The number of carbonyl (C=O) groups is 2. The molecule has 0 aromatic carbocycles. The van der Waals surface area contributed by atoms with Gasteiger partial charge in [0.1, 0.15) is 6.54 Å². The van der Waals surface area contributed by atoms with Crippen LogP contribution >= 0.6 is 0 Å². The third-order valence-corrected chi connectivity index (χ3v) is 1.60. The molecule has 0 aliphatic carbocycles. The number of esters is 1. The zero-order chi connectivity index (χ0) is 11.8. The van der Waals surface area contributed by atoms with Crippen molar-refractivity contribution in [1.82, 2.24) is 4.90 Å². The van der Waals surface area contributed by atoms with E-state index in [2.05, 4.69) is 0 Å². The number of nitrogens with zero attached hydrogens (tertiary/aromatic N) is 1. The van der Waals surface area contributed by atoms with Gasteiger partial charge in [-0.05, 0) is 27.7 Å². The van der Waals surface area contributed by atoms with Crippen molar-refractivity contribution in [2.45, 2.75) is 33.8 Å². The van der Waals surface area contributed by atoms with Gasteiger partial charge in [0, 0.05) is 6.54 Å². The first-order chi connectivity index (χ1) is 7.01. The van der Waals surface area contributed by atoms with Crippen LogP contribution in [-0.2, 0) is 14.3 Å². The first-order valence-corrected chi connectivity index (χ1v) is 5.12. The molecule has 1 amide bonds. The number of likely N-dealkylation sites (N-methyl/N-ethyl adjacent to an activating group) is 1. The van der Waals surface area contributed by atoms with Crippen molar-refractivity contribution in [1.29, 1.82) is 0 Å². The Morgan fingerprint density at radius 2 is 1.87 bits per heavy atom. The summed E-state index contributed by atoms with van der Waals surface area (Å²) in [5, 5.41) is 0. The highest BCUT2D eigenvalue weighted by Crippen LogP contribution is 1.98. The molecule has 0 spiro atoms. The van der Waals surface area contributed by atoms with E-state index in [0.717, 1.165) is 0 Å². The van der Waals surface area contributed by atoms with Gasteiger partial charge in [0.05, 0.1) is 12.7 Å². The summed E-state index contributed by atoms with van der Waals surface area (Å²) in [6.45, 7) is 7.70. The average molecular weight is 217 g/mol. The molecule has 0 aliphatic rings. The van der Waals surface area contributed by atoms with E-state index in [1.807, 2.05) is 0 Å². The molecule has 0 bridgehead atoms. The average Bonchev–Trinajstić information content (AvgIpc) is 2.13. The van der Waals surface area contributed by atoms with E-state index in [4.69, 9.17) is 9.47 Å². The van der Waals surface area contributed by atoms with Crippen molar-refractivity contribution in [3.05, 3.63) is 0 Å². The third-order valence-electron chi connectivity index (χ3n) is 1.60. The molecule has 88 valence electrons. The van der Waals surface area contributed by atoms with Gasteiger partial charge in [-0.15, -0.1) is 0 Å². The molecular formula is C10H19NO4. The van der Waals surface area contributed by atoms with Crippen LogP contribution in [-0.4, -0.2) is 42.8 Å². The Bertz CT molecular complexity index is 215. The zero-order valence-electron chi connectivity index (χ0n) is 9.78. The van der Waals surface area contributed by atoms with Crippen molar-refractivity contribution in [3.8, 4) is 0 Å². The summed E-state index contributed by atoms with van der Waals surface area (Å²) >= 11 is 0. The van der Waals surface area contributed by atoms with Crippen LogP contribution in [0.5, 0.6) is 0 Å². The molecule has 5 heteroatoms. The molecule has 0 unspecified atom stereocenters. The fourth-order valence-electron chi connectivity index (χ4n) is 0.944. The number of hydrogen-bond acceptors (Lipinski definition) is 4. The van der Waals surface area contributed by atoms with Gasteiger partial charge < -0.3 is 9.47 Å². The predicted molar refractivity (Wildman–Crippen MR) is 55.5 cm³/mol. The first kappa shape index (κ1) is 13.7. The van der Waals surface area contributed by atoms with Gasteiger partial charge in [-0.25, -0.2) is 4.79 Å². The van der Waals surface area contributed by atoms with Crippen LogP contribution in [0.2, 0.25) is 0 Å². The summed E-state index contributed by atoms with van der Waals surface area (Å²) in [5.74, 6) is -0.417. The Morgan fingerprint density at radius 1 is 1.27 bits per heavy atom. The van der Waals surface area contributed by atoms with Crippen LogP contribution < -0.4 is 0 Å². The van der Waals surface area contributed by atoms with E-state index in [1.54, 1.807) is 27.7 Å². The van der Waals surface area contributed by atoms with Crippen LogP contribution in [0.1, 0.15) is 27.7 Å². The van der Waals surface area contributed by atoms with E-state index in [9.17, 15) is 9.59 Å². The van der Waals surface area contributed by atoms with Crippen LogP contribution in [0.4, 0.5) is 4.79 Å². The maximum atomic E-state index is 11.4. The minimum atomic E-state index is -0.486. The summed E-state index contributed by atoms with van der Waals surface area (Å²) in [6, 6.07) is 0. The topological polar surface area (TPSA) is 55.8 Å². The maximum absolute atomic E-state index is 11.4. The summed E-state index contributed by atoms with van der Waals surface area (Å²) in [6.07, 6.45) is -0.672. The van der Waals surface area contributed by atoms with Gasteiger partial charge in [-0.2, -0.15) is 0 Å². The molecule has 0 aliphatic heterocycles. The third kappa shape index (κ3) is 5.93. The van der Waals surface area contributed by atoms with Gasteiger partial charge in [0.15, 0.2) is 0 Å². The molecule has 0 aromatic heterocycles. The van der Waals surface area contributed by atoms with Gasteiger partial charge in [0.2, 0.25) is 0 Å². The van der Waals surface area contributed by atoms with E-state index in [1.165, 1.54) is 4.90 Å². The Labute approximate surface area is 90.3 Å². The van der Waals surface area contributed by atoms with Gasteiger partial charge >= 0.3 is 12.1 Å². The van der Waals surface area contributed by atoms with Gasteiger partial charge in [0.25, 0.3) is 0 Å². The normalized spacial score (nSPS) is 9.93. The molecule has 0 aromatic rings. The first-order valence-electron chi connectivity index (χ1n) is 5.12. The second kappa shape index (κ2) is 7.09. The molecule has 0 fully saturated rings. The van der Waals surface area contributed by atoms with E-state index in [-0.39, 0.29) is 12.6 Å². The molecule has 15 heavy (non-hydrogen) atoms. The van der Waals surface area contributed by atoms with Crippen molar-refractivity contribution < 1.29 is 19.1 Å². The largest absolute Gasteiger partial charge is 0.465 e. The fraction of sp³-hybridized carbons (Fsp3) is 0.800. The van der Waals surface area contributed by atoms with E-state index < -0.39 is 12.1 Å². The highest BCUT2D eigenvalue weighted by Gasteiger charge is 2.18. The number of ether oxygens (including phenoxy) is 2. The van der Waals surface area contributed by atoms with Crippen molar-refractivity contribution >= 4 is 12.1 Å². The van der Waals surface area contributed by atoms with Crippen molar-refractivity contribution in [3.63, 3.8) is 0 Å². The lowest BCUT2D eigenvalue weighted by molar-refractivity contribution is -0.144. The molecule has 0 saturated heterocycles. The van der Waals surface area contributed by atoms with Crippen molar-refractivity contribution in [2.24, 2.45) is 0 Å². The Balaban J connectivity index is 4.12. The Hall–Kier alpha value is -1.26. The van der Waals surface area contributed by atoms with Crippen LogP contribution in [0.15, 0.2) is 0 Å². The highest BCUT2D eigenvalue weighted by atomic mass is 16.6. The standard InChI is InChI=1S/C10H19NO4/c1-5-11(7-9(12)14-6-2)10(13)15-8(3)4/h8H,5-7H2,1-4H3. The van der Waals surface area contributed by atoms with Gasteiger partial charge in [-0.3, -0.25) is 9.69 Å². The number of carbonyl (C=O) groups excluding carboxylic acids is 2. The summed E-state index contributed by atoms with van der Waals surface area (Å²) in [7, 11) is 0. The van der Waals surface area contributed by atoms with Crippen molar-refractivity contribution in [2.75, 3.05) is 19.7 Å². The molecule has 0 N–H and O–H groups in total.